The third kappa shape index (κ3) is 6.21. The summed E-state index contributed by atoms with van der Waals surface area (Å²) >= 11 is 1.02. The number of ether oxygens (including phenoxy) is 2. The molecule has 33 heavy (non-hydrogen) atoms. The predicted molar refractivity (Wildman–Crippen MR) is 129 cm³/mol. The minimum Gasteiger partial charge on any atom is -0.462 e. The Kier molecular flexibility index (Phi) is 8.62. The van der Waals surface area contributed by atoms with Gasteiger partial charge in [0.1, 0.15) is 16.5 Å². The summed E-state index contributed by atoms with van der Waals surface area (Å²) in [6.07, 6.45) is 1.47. The zero-order chi connectivity index (χ0) is 23.8. The average Bonchev–Trinajstić information content (AvgIpc) is 3.14. The number of nitrogens with zero attached hydrogens (tertiary/aromatic N) is 2. The monoisotopic (exact) mass is 471 g/mol. The van der Waals surface area contributed by atoms with Gasteiger partial charge in [-0.1, -0.05) is 30.9 Å². The van der Waals surface area contributed by atoms with Crippen molar-refractivity contribution in [1.29, 1.82) is 0 Å². The standard InChI is InChI=1S/C24H29N3O5S/c1-4-15-32-24(30)21-17(3)20(23(29)31-5-2)22(33-21)25-19(28)16-26-11-13-27(14-12-26)18-9-7-6-8-10-18/h4,6-10H,1,5,11-16H2,2-3H3,(H,25,28). The lowest BCUT2D eigenvalue weighted by Crippen LogP contribution is -2.48. The fourth-order valence-electron chi connectivity index (χ4n) is 3.62. The van der Waals surface area contributed by atoms with E-state index in [2.05, 4.69) is 33.8 Å². The van der Waals surface area contributed by atoms with Crippen LogP contribution in [0.15, 0.2) is 43.0 Å². The van der Waals surface area contributed by atoms with Crippen molar-refractivity contribution in [3.8, 4) is 0 Å². The molecular formula is C24H29N3O5S. The third-order valence-corrected chi connectivity index (χ3v) is 6.45. The SMILES string of the molecule is C=CCOC(=O)c1sc(NC(=O)CN2CCN(c3ccccc3)CC2)c(C(=O)OCC)c1C. The summed E-state index contributed by atoms with van der Waals surface area (Å²) in [4.78, 5) is 42.3. The van der Waals surface area contributed by atoms with Crippen molar-refractivity contribution in [3.05, 3.63) is 59.0 Å². The number of benzene rings is 1. The van der Waals surface area contributed by atoms with Gasteiger partial charge in [0, 0.05) is 31.9 Å². The number of nitrogens with one attached hydrogen (secondary N) is 1. The van der Waals surface area contributed by atoms with Crippen molar-refractivity contribution >= 4 is 39.9 Å². The molecule has 176 valence electrons. The Morgan fingerprint density at radius 2 is 1.79 bits per heavy atom. The van der Waals surface area contributed by atoms with Crippen molar-refractivity contribution < 1.29 is 23.9 Å². The summed E-state index contributed by atoms with van der Waals surface area (Å²) in [6, 6.07) is 10.2. The molecule has 8 nitrogen and oxygen atoms in total. The van der Waals surface area contributed by atoms with Gasteiger partial charge in [0.05, 0.1) is 18.7 Å². The highest BCUT2D eigenvalue weighted by Gasteiger charge is 2.28. The number of anilines is 2. The smallest absolute Gasteiger partial charge is 0.348 e. The minimum atomic E-state index is -0.583. The minimum absolute atomic E-state index is 0.0571. The van der Waals surface area contributed by atoms with E-state index >= 15 is 0 Å². The summed E-state index contributed by atoms with van der Waals surface area (Å²) in [7, 11) is 0. The Balaban J connectivity index is 1.66. The molecule has 0 unspecified atom stereocenters. The van der Waals surface area contributed by atoms with Gasteiger partial charge >= 0.3 is 11.9 Å². The molecule has 9 heteroatoms. The molecule has 1 saturated heterocycles. The van der Waals surface area contributed by atoms with Crippen LogP contribution >= 0.6 is 11.3 Å². The number of thiophene rings is 1. The molecular weight excluding hydrogens is 442 g/mol. The first-order valence-corrected chi connectivity index (χ1v) is 11.7. The first-order chi connectivity index (χ1) is 15.9. The molecule has 1 aromatic heterocycles. The highest BCUT2D eigenvalue weighted by atomic mass is 32.1. The average molecular weight is 472 g/mol. The second-order valence-corrected chi connectivity index (χ2v) is 8.54. The summed E-state index contributed by atoms with van der Waals surface area (Å²) in [5, 5.41) is 3.10. The summed E-state index contributed by atoms with van der Waals surface area (Å²) in [6.45, 7) is 10.4. The van der Waals surface area contributed by atoms with Gasteiger partial charge in [-0.3, -0.25) is 9.69 Å². The molecule has 3 rings (SSSR count). The highest BCUT2D eigenvalue weighted by Crippen LogP contribution is 2.34. The zero-order valence-corrected chi connectivity index (χ0v) is 19.8. The maximum Gasteiger partial charge on any atom is 0.348 e. The Bertz CT molecular complexity index is 997. The van der Waals surface area contributed by atoms with Gasteiger partial charge in [-0.15, -0.1) is 11.3 Å². The van der Waals surface area contributed by atoms with E-state index in [1.54, 1.807) is 13.8 Å². The van der Waals surface area contributed by atoms with Gasteiger partial charge in [0.15, 0.2) is 0 Å². The molecule has 1 N–H and O–H groups in total. The van der Waals surface area contributed by atoms with E-state index in [1.165, 1.54) is 11.8 Å². The normalized spacial score (nSPS) is 13.9. The second-order valence-electron chi connectivity index (χ2n) is 7.51. The van der Waals surface area contributed by atoms with Crippen LogP contribution in [-0.2, 0) is 14.3 Å². The topological polar surface area (TPSA) is 88.2 Å². The lowest BCUT2D eigenvalue weighted by molar-refractivity contribution is -0.117. The summed E-state index contributed by atoms with van der Waals surface area (Å²) in [5.74, 6) is -1.40. The fourth-order valence-corrected chi connectivity index (χ4v) is 4.72. The molecule has 2 aromatic rings. The molecule has 1 aliphatic heterocycles. The number of hydrogen-bond donors (Lipinski definition) is 1. The molecule has 0 aliphatic carbocycles. The van der Waals surface area contributed by atoms with Crippen molar-refractivity contribution in [1.82, 2.24) is 4.90 Å². The van der Waals surface area contributed by atoms with Crippen molar-refractivity contribution in [2.75, 3.05) is 56.2 Å². The van der Waals surface area contributed by atoms with E-state index in [1.807, 2.05) is 18.2 Å². The molecule has 0 bridgehead atoms. The molecule has 1 amide bonds. The molecule has 2 heterocycles. The molecule has 1 aliphatic rings. The van der Waals surface area contributed by atoms with Crippen LogP contribution in [0.3, 0.4) is 0 Å². The van der Waals surface area contributed by atoms with Crippen LogP contribution in [0.4, 0.5) is 10.7 Å². The van der Waals surface area contributed by atoms with E-state index < -0.39 is 11.9 Å². The number of para-hydroxylation sites is 1. The second kappa shape index (κ2) is 11.6. The maximum atomic E-state index is 12.8. The lowest BCUT2D eigenvalue weighted by Gasteiger charge is -2.35. The largest absolute Gasteiger partial charge is 0.462 e. The van der Waals surface area contributed by atoms with E-state index in [4.69, 9.17) is 9.47 Å². The number of piperazine rings is 1. The molecule has 0 atom stereocenters. The van der Waals surface area contributed by atoms with Crippen LogP contribution in [0.25, 0.3) is 0 Å². The van der Waals surface area contributed by atoms with Crippen LogP contribution in [0.5, 0.6) is 0 Å². The number of rotatable bonds is 9. The van der Waals surface area contributed by atoms with Crippen LogP contribution in [0, 0.1) is 6.92 Å². The molecule has 0 saturated carbocycles. The Morgan fingerprint density at radius 3 is 2.42 bits per heavy atom. The van der Waals surface area contributed by atoms with Gasteiger partial charge in [-0.05, 0) is 31.5 Å². The van der Waals surface area contributed by atoms with Crippen molar-refractivity contribution in [3.63, 3.8) is 0 Å². The van der Waals surface area contributed by atoms with E-state index in [9.17, 15) is 14.4 Å². The number of carbonyl (C=O) groups excluding carboxylic acids is 3. The van der Waals surface area contributed by atoms with Crippen LogP contribution < -0.4 is 10.2 Å². The highest BCUT2D eigenvalue weighted by molar-refractivity contribution is 7.18. The number of hydrogen-bond acceptors (Lipinski definition) is 8. The first kappa shape index (κ1) is 24.5. The number of amides is 1. The lowest BCUT2D eigenvalue weighted by atomic mass is 10.1. The van der Waals surface area contributed by atoms with Crippen LogP contribution in [0.2, 0.25) is 0 Å². The zero-order valence-electron chi connectivity index (χ0n) is 19.0. The fraction of sp³-hybridized carbons (Fsp3) is 0.375. The van der Waals surface area contributed by atoms with Gasteiger partial charge in [-0.25, -0.2) is 9.59 Å². The third-order valence-electron chi connectivity index (χ3n) is 5.26. The Labute approximate surface area is 197 Å². The van der Waals surface area contributed by atoms with E-state index in [-0.39, 0.29) is 36.1 Å². The predicted octanol–water partition coefficient (Wildman–Crippen LogP) is 3.34. The Morgan fingerprint density at radius 1 is 1.09 bits per heavy atom. The number of esters is 2. The van der Waals surface area contributed by atoms with Crippen molar-refractivity contribution in [2.24, 2.45) is 0 Å². The van der Waals surface area contributed by atoms with Gasteiger partial charge in [-0.2, -0.15) is 0 Å². The van der Waals surface area contributed by atoms with Crippen LogP contribution in [-0.4, -0.2) is 68.7 Å². The van der Waals surface area contributed by atoms with Crippen molar-refractivity contribution in [2.45, 2.75) is 13.8 Å². The molecule has 1 fully saturated rings. The van der Waals surface area contributed by atoms with Gasteiger partial charge in [0.25, 0.3) is 0 Å². The van der Waals surface area contributed by atoms with Gasteiger partial charge < -0.3 is 19.7 Å². The number of carbonyl (C=O) groups is 3. The summed E-state index contributed by atoms with van der Waals surface area (Å²) in [5.41, 5.74) is 1.79. The molecule has 0 spiro atoms. The van der Waals surface area contributed by atoms with E-state index in [0.29, 0.717) is 10.6 Å². The quantitative estimate of drug-likeness (QED) is 0.443. The van der Waals surface area contributed by atoms with Gasteiger partial charge in [0.2, 0.25) is 5.91 Å². The summed E-state index contributed by atoms with van der Waals surface area (Å²) < 4.78 is 10.3. The van der Waals surface area contributed by atoms with Crippen LogP contribution in [0.1, 0.15) is 32.5 Å². The molecule has 1 aromatic carbocycles. The molecule has 0 radical (unpaired) electrons. The maximum absolute atomic E-state index is 12.8. The van der Waals surface area contributed by atoms with E-state index in [0.717, 1.165) is 37.5 Å². The first-order valence-electron chi connectivity index (χ1n) is 10.8. The Hall–Kier alpha value is -3.17.